The first-order valence-corrected chi connectivity index (χ1v) is 7.02. The third-order valence-electron chi connectivity index (χ3n) is 2.58. The zero-order valence-corrected chi connectivity index (χ0v) is 12.7. The maximum absolute atomic E-state index is 5.68. The topological polar surface area (TPSA) is 31.4 Å². The van der Waals surface area contributed by atoms with Crippen molar-refractivity contribution in [3.63, 3.8) is 0 Å². The molecular formula is C14H13BrClNO2. The molecule has 0 saturated carbocycles. The van der Waals surface area contributed by atoms with E-state index in [1.165, 1.54) is 0 Å². The Morgan fingerprint density at radius 2 is 2.00 bits per heavy atom. The third kappa shape index (κ3) is 3.85. The van der Waals surface area contributed by atoms with Gasteiger partial charge >= 0.3 is 0 Å². The molecule has 0 fully saturated rings. The maximum atomic E-state index is 5.68. The molecule has 100 valence electrons. The molecule has 2 aromatic rings. The third-order valence-corrected chi connectivity index (χ3v) is 3.63. The predicted molar refractivity (Wildman–Crippen MR) is 78.8 cm³/mol. The lowest BCUT2D eigenvalue weighted by atomic mass is 10.2. The van der Waals surface area contributed by atoms with Gasteiger partial charge in [-0.15, -0.1) is 11.6 Å². The largest absolute Gasteiger partial charge is 0.497 e. The van der Waals surface area contributed by atoms with Gasteiger partial charge in [0.15, 0.2) is 0 Å². The molecule has 0 bridgehead atoms. The van der Waals surface area contributed by atoms with Crippen LogP contribution in [0.2, 0.25) is 0 Å². The summed E-state index contributed by atoms with van der Waals surface area (Å²) >= 11 is 9.17. The van der Waals surface area contributed by atoms with E-state index in [0.29, 0.717) is 18.2 Å². The molecule has 3 nitrogen and oxygen atoms in total. The van der Waals surface area contributed by atoms with Crippen molar-refractivity contribution in [2.24, 2.45) is 0 Å². The quantitative estimate of drug-likeness (QED) is 0.764. The minimum atomic E-state index is 0.404. The van der Waals surface area contributed by atoms with Gasteiger partial charge in [-0.1, -0.05) is 15.9 Å². The van der Waals surface area contributed by atoms with Crippen LogP contribution in [0, 0.1) is 0 Å². The van der Waals surface area contributed by atoms with Crippen molar-refractivity contribution < 1.29 is 9.47 Å². The number of methoxy groups -OCH3 is 1. The van der Waals surface area contributed by atoms with E-state index in [2.05, 4.69) is 20.9 Å². The van der Waals surface area contributed by atoms with Crippen LogP contribution in [0.1, 0.15) is 11.3 Å². The molecule has 0 unspecified atom stereocenters. The molecule has 0 atom stereocenters. The zero-order chi connectivity index (χ0) is 13.7. The van der Waals surface area contributed by atoms with Gasteiger partial charge in [-0.05, 0) is 30.3 Å². The van der Waals surface area contributed by atoms with Gasteiger partial charge in [-0.3, -0.25) is 4.98 Å². The molecule has 5 heteroatoms. The predicted octanol–water partition coefficient (Wildman–Crippen LogP) is 4.17. The highest BCUT2D eigenvalue weighted by atomic mass is 79.9. The minimum Gasteiger partial charge on any atom is -0.497 e. The van der Waals surface area contributed by atoms with Crippen molar-refractivity contribution in [1.29, 1.82) is 0 Å². The summed E-state index contributed by atoms with van der Waals surface area (Å²) in [5, 5.41) is 0. The van der Waals surface area contributed by atoms with Gasteiger partial charge < -0.3 is 9.47 Å². The number of nitrogens with zero attached hydrogens (tertiary/aromatic N) is 1. The van der Waals surface area contributed by atoms with Crippen molar-refractivity contribution in [2.75, 3.05) is 7.11 Å². The first-order valence-electron chi connectivity index (χ1n) is 5.69. The van der Waals surface area contributed by atoms with Gasteiger partial charge in [0, 0.05) is 10.0 Å². The number of benzene rings is 1. The van der Waals surface area contributed by atoms with Crippen molar-refractivity contribution in [3.8, 4) is 11.5 Å². The average Bonchev–Trinajstić information content (AvgIpc) is 2.47. The summed E-state index contributed by atoms with van der Waals surface area (Å²) in [5.74, 6) is 1.92. The van der Waals surface area contributed by atoms with Crippen LogP contribution in [0.5, 0.6) is 11.5 Å². The maximum Gasteiger partial charge on any atom is 0.138 e. The van der Waals surface area contributed by atoms with E-state index >= 15 is 0 Å². The Morgan fingerprint density at radius 3 is 2.63 bits per heavy atom. The van der Waals surface area contributed by atoms with Crippen LogP contribution in [0.25, 0.3) is 0 Å². The fourth-order valence-electron chi connectivity index (χ4n) is 1.53. The summed E-state index contributed by atoms with van der Waals surface area (Å²) in [6.07, 6.45) is 1.67. The highest BCUT2D eigenvalue weighted by molar-refractivity contribution is 9.10. The lowest BCUT2D eigenvalue weighted by Crippen LogP contribution is -1.98. The van der Waals surface area contributed by atoms with Crippen LogP contribution in [-0.2, 0) is 12.5 Å². The van der Waals surface area contributed by atoms with Gasteiger partial charge in [-0.25, -0.2) is 0 Å². The number of ether oxygens (including phenoxy) is 2. The molecule has 1 heterocycles. The summed E-state index contributed by atoms with van der Waals surface area (Å²) < 4.78 is 11.9. The summed E-state index contributed by atoms with van der Waals surface area (Å²) in [6.45, 7) is 0.444. The Bertz CT molecular complexity index is 546. The second-order valence-corrected chi connectivity index (χ2v) is 4.99. The van der Waals surface area contributed by atoms with Gasteiger partial charge in [0.25, 0.3) is 0 Å². The summed E-state index contributed by atoms with van der Waals surface area (Å²) in [4.78, 5) is 4.17. The molecule has 1 aromatic heterocycles. The van der Waals surface area contributed by atoms with Crippen LogP contribution < -0.4 is 9.47 Å². The first kappa shape index (κ1) is 14.2. The molecule has 0 aliphatic carbocycles. The normalized spacial score (nSPS) is 10.3. The van der Waals surface area contributed by atoms with E-state index in [-0.39, 0.29) is 0 Å². The molecule has 0 aliphatic rings. The molecule has 0 aliphatic heterocycles. The van der Waals surface area contributed by atoms with Gasteiger partial charge in [-0.2, -0.15) is 0 Å². The highest BCUT2D eigenvalue weighted by Crippen LogP contribution is 2.24. The number of hydrogen-bond donors (Lipinski definition) is 0. The van der Waals surface area contributed by atoms with Gasteiger partial charge in [0.05, 0.1) is 24.9 Å². The molecular weight excluding hydrogens is 330 g/mol. The summed E-state index contributed by atoms with van der Waals surface area (Å²) in [7, 11) is 1.64. The molecule has 0 spiro atoms. The second-order valence-electron chi connectivity index (χ2n) is 3.86. The number of rotatable bonds is 5. The highest BCUT2D eigenvalue weighted by Gasteiger charge is 2.04. The van der Waals surface area contributed by atoms with Crippen molar-refractivity contribution >= 4 is 27.5 Å². The molecule has 0 radical (unpaired) electrons. The average molecular weight is 343 g/mol. The van der Waals surface area contributed by atoms with E-state index in [0.717, 1.165) is 21.5 Å². The monoisotopic (exact) mass is 341 g/mol. The zero-order valence-electron chi connectivity index (χ0n) is 10.4. The van der Waals surface area contributed by atoms with Crippen molar-refractivity contribution in [2.45, 2.75) is 12.5 Å². The number of alkyl halides is 1. The smallest absolute Gasteiger partial charge is 0.138 e. The van der Waals surface area contributed by atoms with Crippen LogP contribution in [0.15, 0.2) is 41.0 Å². The first-order chi connectivity index (χ1) is 9.22. The fourth-order valence-corrected chi connectivity index (χ4v) is 2.04. The van der Waals surface area contributed by atoms with Crippen LogP contribution in [0.3, 0.4) is 0 Å². The van der Waals surface area contributed by atoms with Gasteiger partial charge in [0.1, 0.15) is 18.1 Å². The number of pyridine rings is 1. The Balaban J connectivity index is 2.05. The van der Waals surface area contributed by atoms with Gasteiger partial charge in [0.2, 0.25) is 0 Å². The van der Waals surface area contributed by atoms with Crippen molar-refractivity contribution in [3.05, 3.63) is 52.3 Å². The van der Waals surface area contributed by atoms with E-state index < -0.39 is 0 Å². The molecule has 0 saturated heterocycles. The number of hydrogen-bond acceptors (Lipinski definition) is 3. The van der Waals surface area contributed by atoms with E-state index in [9.17, 15) is 0 Å². The standard InChI is InChI=1S/C14H13BrClNO2/c1-18-12-4-5-14(15)10(6-12)9-19-13-3-2-11(7-16)17-8-13/h2-6,8H,7,9H2,1H3. The summed E-state index contributed by atoms with van der Waals surface area (Å²) in [6, 6.07) is 9.48. The molecule has 19 heavy (non-hydrogen) atoms. The van der Waals surface area contributed by atoms with E-state index in [1.807, 2.05) is 30.3 Å². The fraction of sp³-hybridized carbons (Fsp3) is 0.214. The van der Waals surface area contributed by atoms with Crippen LogP contribution >= 0.6 is 27.5 Å². The lowest BCUT2D eigenvalue weighted by Gasteiger charge is -2.09. The van der Waals surface area contributed by atoms with E-state index in [1.54, 1.807) is 13.3 Å². The van der Waals surface area contributed by atoms with Crippen LogP contribution in [-0.4, -0.2) is 12.1 Å². The lowest BCUT2D eigenvalue weighted by molar-refractivity contribution is 0.303. The Kier molecular flexibility index (Phi) is 5.05. The Morgan fingerprint density at radius 1 is 1.21 bits per heavy atom. The Labute approximate surface area is 125 Å². The van der Waals surface area contributed by atoms with Crippen molar-refractivity contribution in [1.82, 2.24) is 4.98 Å². The molecule has 2 rings (SSSR count). The number of aromatic nitrogens is 1. The minimum absolute atomic E-state index is 0.404. The molecule has 1 aromatic carbocycles. The van der Waals surface area contributed by atoms with Crippen LogP contribution in [0.4, 0.5) is 0 Å². The molecule has 0 amide bonds. The SMILES string of the molecule is COc1ccc(Br)c(COc2ccc(CCl)nc2)c1. The van der Waals surface area contributed by atoms with E-state index in [4.69, 9.17) is 21.1 Å². The molecule has 0 N–H and O–H groups in total. The summed E-state index contributed by atoms with van der Waals surface area (Å²) in [5.41, 5.74) is 1.84. The Hall–Kier alpha value is -1.26. The second kappa shape index (κ2) is 6.78. The number of halogens is 2.